The molecule has 1 nitrogen and oxygen atoms in total. The highest BCUT2D eigenvalue weighted by Gasteiger charge is 2.13. The van der Waals surface area contributed by atoms with E-state index in [1.54, 1.807) is 6.07 Å². The van der Waals surface area contributed by atoms with Crippen molar-refractivity contribution in [2.75, 3.05) is 4.90 Å². The van der Waals surface area contributed by atoms with Crippen LogP contribution in [0, 0.1) is 5.82 Å². The van der Waals surface area contributed by atoms with E-state index in [9.17, 15) is 4.39 Å². The molecule has 0 fully saturated rings. The van der Waals surface area contributed by atoms with Crippen LogP contribution in [-0.4, -0.2) is 0 Å². The van der Waals surface area contributed by atoms with Gasteiger partial charge in [-0.25, -0.2) is 4.39 Å². The first kappa shape index (κ1) is 16.7. The number of rotatable bonds is 6. The molecule has 0 unspecified atom stereocenters. The monoisotopic (exact) mass is 383 g/mol. The summed E-state index contributed by atoms with van der Waals surface area (Å²) in [5, 5.41) is 0.654. The molecule has 122 valence electrons. The average molecular weight is 384 g/mol. The van der Waals surface area contributed by atoms with Gasteiger partial charge in [-0.2, -0.15) is 0 Å². The Hall–Kier alpha value is -2.13. The molecule has 0 bridgehead atoms. The van der Waals surface area contributed by atoms with Crippen molar-refractivity contribution >= 4 is 21.6 Å². The van der Waals surface area contributed by atoms with Crippen molar-refractivity contribution in [2.24, 2.45) is 0 Å². The molecule has 0 saturated carbocycles. The van der Waals surface area contributed by atoms with Crippen molar-refractivity contribution in [1.29, 1.82) is 0 Å². The van der Waals surface area contributed by atoms with Crippen LogP contribution in [0.25, 0.3) is 0 Å². The Morgan fingerprint density at radius 2 is 1.25 bits per heavy atom. The Labute approximate surface area is 150 Å². The molecule has 0 spiro atoms. The van der Waals surface area contributed by atoms with Crippen molar-refractivity contribution in [3.63, 3.8) is 0 Å². The Morgan fingerprint density at radius 3 is 1.71 bits per heavy atom. The maximum Gasteiger partial charge on any atom is 0.146 e. The van der Waals surface area contributed by atoms with Crippen LogP contribution in [-0.2, 0) is 18.4 Å². The SMILES string of the molecule is Fc1cc(CBr)ccc1N(Cc1ccccc1)Cc1ccccc1. The Balaban J connectivity index is 1.92. The zero-order chi connectivity index (χ0) is 16.8. The predicted octanol–water partition coefficient (Wildman–Crippen LogP) is 5.93. The van der Waals surface area contributed by atoms with Gasteiger partial charge in [0.05, 0.1) is 5.69 Å². The fourth-order valence-electron chi connectivity index (χ4n) is 2.72. The van der Waals surface area contributed by atoms with E-state index in [2.05, 4.69) is 45.1 Å². The Bertz CT molecular complexity index is 733. The lowest BCUT2D eigenvalue weighted by atomic mass is 10.1. The molecule has 3 aromatic rings. The topological polar surface area (TPSA) is 3.24 Å². The number of anilines is 1. The van der Waals surface area contributed by atoms with Gasteiger partial charge in [-0.1, -0.05) is 82.7 Å². The van der Waals surface area contributed by atoms with Gasteiger partial charge in [-0.15, -0.1) is 0 Å². The Morgan fingerprint density at radius 1 is 0.708 bits per heavy atom. The minimum absolute atomic E-state index is 0.182. The molecule has 24 heavy (non-hydrogen) atoms. The molecule has 0 saturated heterocycles. The summed E-state index contributed by atoms with van der Waals surface area (Å²) >= 11 is 3.38. The van der Waals surface area contributed by atoms with Gasteiger partial charge in [0, 0.05) is 18.4 Å². The third kappa shape index (κ3) is 4.24. The van der Waals surface area contributed by atoms with Crippen LogP contribution in [0.15, 0.2) is 78.9 Å². The molecule has 0 aliphatic rings. The van der Waals surface area contributed by atoms with Crippen LogP contribution in [0.4, 0.5) is 10.1 Å². The van der Waals surface area contributed by atoms with E-state index in [1.165, 1.54) is 0 Å². The van der Waals surface area contributed by atoms with Crippen LogP contribution in [0.3, 0.4) is 0 Å². The van der Waals surface area contributed by atoms with Crippen molar-refractivity contribution in [3.05, 3.63) is 101 Å². The first-order chi connectivity index (χ1) is 11.8. The fourth-order valence-corrected chi connectivity index (χ4v) is 3.07. The highest BCUT2D eigenvalue weighted by Crippen LogP contribution is 2.25. The number of alkyl halides is 1. The minimum Gasteiger partial charge on any atom is -0.361 e. The average Bonchev–Trinajstić information content (AvgIpc) is 2.63. The maximum absolute atomic E-state index is 14.6. The van der Waals surface area contributed by atoms with Crippen LogP contribution in [0.2, 0.25) is 0 Å². The molecule has 3 rings (SSSR count). The summed E-state index contributed by atoms with van der Waals surface area (Å²) in [6, 6.07) is 25.8. The third-order valence-corrected chi connectivity index (χ3v) is 4.59. The zero-order valence-electron chi connectivity index (χ0n) is 13.3. The molecular formula is C21H19BrFN. The fraction of sp³-hybridized carbons (Fsp3) is 0.143. The van der Waals surface area contributed by atoms with Gasteiger partial charge in [0.25, 0.3) is 0 Å². The molecule has 0 radical (unpaired) electrons. The predicted molar refractivity (Wildman–Crippen MR) is 102 cm³/mol. The molecule has 3 aromatic carbocycles. The number of nitrogens with zero attached hydrogens (tertiary/aromatic N) is 1. The van der Waals surface area contributed by atoms with E-state index in [1.807, 2.05) is 48.5 Å². The largest absolute Gasteiger partial charge is 0.361 e. The van der Waals surface area contributed by atoms with E-state index in [4.69, 9.17) is 0 Å². The summed E-state index contributed by atoms with van der Waals surface area (Å²) in [5.74, 6) is -0.182. The van der Waals surface area contributed by atoms with E-state index in [0.717, 1.165) is 16.7 Å². The standard InChI is InChI=1S/C21H19BrFN/c22-14-19-11-12-21(20(23)13-19)24(15-17-7-3-1-4-8-17)16-18-9-5-2-6-10-18/h1-13H,14-16H2. The van der Waals surface area contributed by atoms with Gasteiger partial charge in [-0.05, 0) is 28.8 Å². The molecule has 0 amide bonds. The molecule has 0 N–H and O–H groups in total. The first-order valence-electron chi connectivity index (χ1n) is 7.93. The van der Waals surface area contributed by atoms with Crippen LogP contribution in [0.1, 0.15) is 16.7 Å². The Kier molecular flexibility index (Phi) is 5.65. The lowest BCUT2D eigenvalue weighted by Crippen LogP contribution is -2.23. The van der Waals surface area contributed by atoms with Gasteiger partial charge in [0.1, 0.15) is 5.82 Å². The second-order valence-corrected chi connectivity index (χ2v) is 6.31. The van der Waals surface area contributed by atoms with Gasteiger partial charge >= 0.3 is 0 Å². The maximum atomic E-state index is 14.6. The van der Waals surface area contributed by atoms with Crippen molar-refractivity contribution < 1.29 is 4.39 Å². The zero-order valence-corrected chi connectivity index (χ0v) is 14.9. The molecule has 0 heterocycles. The highest BCUT2D eigenvalue weighted by molar-refractivity contribution is 9.08. The van der Waals surface area contributed by atoms with Gasteiger partial charge in [0.2, 0.25) is 0 Å². The van der Waals surface area contributed by atoms with Crippen LogP contribution >= 0.6 is 15.9 Å². The first-order valence-corrected chi connectivity index (χ1v) is 9.05. The van der Waals surface area contributed by atoms with Gasteiger partial charge in [-0.3, -0.25) is 0 Å². The quantitative estimate of drug-likeness (QED) is 0.477. The number of hydrogen-bond donors (Lipinski definition) is 0. The highest BCUT2D eigenvalue weighted by atomic mass is 79.9. The molecule has 0 aliphatic heterocycles. The number of benzene rings is 3. The second kappa shape index (κ2) is 8.11. The lowest BCUT2D eigenvalue weighted by molar-refractivity contribution is 0.614. The molecule has 0 aromatic heterocycles. The molecule has 3 heteroatoms. The summed E-state index contributed by atoms with van der Waals surface area (Å²) in [6.07, 6.45) is 0. The van der Waals surface area contributed by atoms with Gasteiger partial charge in [0.15, 0.2) is 0 Å². The van der Waals surface area contributed by atoms with Crippen LogP contribution < -0.4 is 4.90 Å². The smallest absolute Gasteiger partial charge is 0.146 e. The summed E-state index contributed by atoms with van der Waals surface area (Å²) in [5.41, 5.74) is 3.90. The summed E-state index contributed by atoms with van der Waals surface area (Å²) in [7, 11) is 0. The van der Waals surface area contributed by atoms with Crippen molar-refractivity contribution in [2.45, 2.75) is 18.4 Å². The van der Waals surface area contributed by atoms with E-state index in [0.29, 0.717) is 24.1 Å². The van der Waals surface area contributed by atoms with E-state index in [-0.39, 0.29) is 5.82 Å². The summed E-state index contributed by atoms with van der Waals surface area (Å²) in [4.78, 5) is 2.08. The molecular weight excluding hydrogens is 365 g/mol. The van der Waals surface area contributed by atoms with E-state index < -0.39 is 0 Å². The van der Waals surface area contributed by atoms with Crippen molar-refractivity contribution in [1.82, 2.24) is 0 Å². The normalized spacial score (nSPS) is 10.6. The molecule has 0 aliphatic carbocycles. The van der Waals surface area contributed by atoms with Crippen LogP contribution in [0.5, 0.6) is 0 Å². The summed E-state index contributed by atoms with van der Waals surface area (Å²) in [6.45, 7) is 1.33. The second-order valence-electron chi connectivity index (χ2n) is 5.75. The van der Waals surface area contributed by atoms with Gasteiger partial charge < -0.3 is 4.90 Å². The number of hydrogen-bond acceptors (Lipinski definition) is 1. The van der Waals surface area contributed by atoms with E-state index >= 15 is 0 Å². The lowest BCUT2D eigenvalue weighted by Gasteiger charge is -2.26. The third-order valence-electron chi connectivity index (χ3n) is 3.94. The minimum atomic E-state index is -0.182. The molecule has 0 atom stereocenters. The summed E-state index contributed by atoms with van der Waals surface area (Å²) < 4.78 is 14.6. The van der Waals surface area contributed by atoms with Crippen molar-refractivity contribution in [3.8, 4) is 0 Å². The number of halogens is 2.